The Morgan fingerprint density at radius 1 is 1.13 bits per heavy atom. The molecule has 0 spiro atoms. The minimum atomic E-state index is -0.102. The minimum Gasteiger partial charge on any atom is -0.384 e. The molecular weight excluding hydrogens is 292 g/mol. The lowest BCUT2D eigenvalue weighted by atomic mass is 10.1. The van der Waals surface area contributed by atoms with Crippen LogP contribution in [0.2, 0.25) is 0 Å². The first-order valence-corrected chi connectivity index (χ1v) is 7.09. The van der Waals surface area contributed by atoms with Gasteiger partial charge in [0.25, 0.3) is 5.91 Å². The Morgan fingerprint density at radius 3 is 2.65 bits per heavy atom. The molecule has 3 aromatic rings. The first-order chi connectivity index (χ1) is 11.2. The lowest BCUT2D eigenvalue weighted by Crippen LogP contribution is -2.17. The zero-order valence-electron chi connectivity index (χ0n) is 12.6. The molecule has 0 aliphatic carbocycles. The Kier molecular flexibility index (Phi) is 4.01. The predicted molar refractivity (Wildman–Crippen MR) is 88.9 cm³/mol. The molecule has 0 aliphatic rings. The van der Waals surface area contributed by atoms with Crippen molar-refractivity contribution < 1.29 is 4.79 Å². The van der Waals surface area contributed by atoms with Gasteiger partial charge in [-0.1, -0.05) is 12.1 Å². The van der Waals surface area contributed by atoms with Crippen molar-refractivity contribution in [1.82, 2.24) is 20.3 Å². The zero-order chi connectivity index (χ0) is 16.2. The van der Waals surface area contributed by atoms with E-state index in [0.717, 1.165) is 10.9 Å². The molecule has 4 N–H and O–H groups in total. The van der Waals surface area contributed by atoms with Gasteiger partial charge in [-0.2, -0.15) is 0 Å². The lowest BCUT2D eigenvalue weighted by Gasteiger charge is -2.09. The maximum atomic E-state index is 11.5. The van der Waals surface area contributed by atoms with E-state index in [9.17, 15) is 4.79 Å². The fraction of sp³-hybridized carbons (Fsp3) is 0.125. The molecule has 2 aromatic heterocycles. The van der Waals surface area contributed by atoms with Crippen LogP contribution in [0.3, 0.4) is 0 Å². The number of benzene rings is 1. The summed E-state index contributed by atoms with van der Waals surface area (Å²) in [5.41, 5.74) is 7.88. The topological polar surface area (TPSA) is 106 Å². The molecule has 0 saturated carbocycles. The molecule has 0 atom stereocenters. The van der Waals surface area contributed by atoms with Crippen molar-refractivity contribution in [2.24, 2.45) is 0 Å². The molecule has 1 aromatic carbocycles. The van der Waals surface area contributed by atoms with E-state index < -0.39 is 0 Å². The van der Waals surface area contributed by atoms with Crippen LogP contribution in [0.25, 0.3) is 11.0 Å². The fourth-order valence-corrected chi connectivity index (χ4v) is 2.20. The highest BCUT2D eigenvalue weighted by Crippen LogP contribution is 2.19. The second-order valence-electron chi connectivity index (χ2n) is 4.96. The summed E-state index contributed by atoms with van der Waals surface area (Å²) in [6, 6.07) is 10.9. The molecule has 0 bridgehead atoms. The third-order valence-electron chi connectivity index (χ3n) is 3.42. The Bertz CT molecular complexity index is 847. The van der Waals surface area contributed by atoms with Gasteiger partial charge in [0.05, 0.1) is 5.39 Å². The number of nitrogens with zero attached hydrogens (tertiary/aromatic N) is 3. The van der Waals surface area contributed by atoms with Crippen LogP contribution in [0.15, 0.2) is 42.7 Å². The molecular formula is C16H16N6O. The number of pyridine rings is 1. The van der Waals surface area contributed by atoms with Gasteiger partial charge >= 0.3 is 0 Å². The Labute approximate surface area is 133 Å². The monoisotopic (exact) mass is 308 g/mol. The SMILES string of the molecule is CNC(=O)c1ccc(CNc2ncnc3nc(N)ccc23)cc1. The van der Waals surface area contributed by atoms with Gasteiger partial charge in [-0.25, -0.2) is 15.0 Å². The number of nitrogens with one attached hydrogen (secondary N) is 2. The molecule has 1 amide bonds. The van der Waals surface area contributed by atoms with E-state index in [-0.39, 0.29) is 5.91 Å². The normalized spacial score (nSPS) is 10.5. The van der Waals surface area contributed by atoms with Crippen LogP contribution in [0, 0.1) is 0 Å². The van der Waals surface area contributed by atoms with Crippen LogP contribution in [0.4, 0.5) is 11.6 Å². The number of hydrogen-bond donors (Lipinski definition) is 3. The summed E-state index contributed by atoms with van der Waals surface area (Å²) < 4.78 is 0. The average Bonchev–Trinajstić information content (AvgIpc) is 2.59. The second kappa shape index (κ2) is 6.27. The Morgan fingerprint density at radius 2 is 1.91 bits per heavy atom. The third-order valence-corrected chi connectivity index (χ3v) is 3.42. The number of fused-ring (bicyclic) bond motifs is 1. The molecule has 116 valence electrons. The van der Waals surface area contributed by atoms with Crippen molar-refractivity contribution in [3.8, 4) is 0 Å². The van der Waals surface area contributed by atoms with Crippen LogP contribution < -0.4 is 16.4 Å². The second-order valence-corrected chi connectivity index (χ2v) is 4.96. The van der Waals surface area contributed by atoms with Gasteiger partial charge in [-0.05, 0) is 29.8 Å². The summed E-state index contributed by atoms with van der Waals surface area (Å²) in [7, 11) is 1.61. The van der Waals surface area contributed by atoms with Gasteiger partial charge in [0.2, 0.25) is 0 Å². The molecule has 0 fully saturated rings. The first kappa shape index (κ1) is 14.7. The van der Waals surface area contributed by atoms with Crippen LogP contribution in [0.5, 0.6) is 0 Å². The molecule has 7 heteroatoms. The summed E-state index contributed by atoms with van der Waals surface area (Å²) in [6.45, 7) is 0.574. The zero-order valence-corrected chi connectivity index (χ0v) is 12.6. The lowest BCUT2D eigenvalue weighted by molar-refractivity contribution is 0.0963. The fourth-order valence-electron chi connectivity index (χ4n) is 2.20. The van der Waals surface area contributed by atoms with Crippen LogP contribution in [0.1, 0.15) is 15.9 Å². The largest absolute Gasteiger partial charge is 0.384 e. The highest BCUT2D eigenvalue weighted by molar-refractivity contribution is 5.94. The van der Waals surface area contributed by atoms with E-state index in [1.807, 2.05) is 18.2 Å². The van der Waals surface area contributed by atoms with Gasteiger partial charge in [-0.3, -0.25) is 4.79 Å². The summed E-state index contributed by atoms with van der Waals surface area (Å²) in [5.74, 6) is 1.01. The van der Waals surface area contributed by atoms with Gasteiger partial charge in [0, 0.05) is 19.2 Å². The number of nitrogens with two attached hydrogens (primary N) is 1. The Balaban J connectivity index is 1.77. The third kappa shape index (κ3) is 3.18. The van der Waals surface area contributed by atoms with Crippen molar-refractivity contribution in [1.29, 1.82) is 0 Å². The van der Waals surface area contributed by atoms with Crippen LogP contribution in [-0.2, 0) is 6.54 Å². The number of nitrogen functional groups attached to an aromatic ring is 1. The van der Waals surface area contributed by atoms with E-state index in [1.165, 1.54) is 6.33 Å². The van der Waals surface area contributed by atoms with E-state index in [4.69, 9.17) is 5.73 Å². The molecule has 0 radical (unpaired) electrons. The molecule has 0 aliphatic heterocycles. The van der Waals surface area contributed by atoms with Crippen molar-refractivity contribution >= 4 is 28.6 Å². The maximum Gasteiger partial charge on any atom is 0.251 e. The van der Waals surface area contributed by atoms with Gasteiger partial charge < -0.3 is 16.4 Å². The predicted octanol–water partition coefficient (Wildman–Crippen LogP) is 1.58. The van der Waals surface area contributed by atoms with Gasteiger partial charge in [-0.15, -0.1) is 0 Å². The quantitative estimate of drug-likeness (QED) is 0.675. The number of hydrogen-bond acceptors (Lipinski definition) is 6. The van der Waals surface area contributed by atoms with Crippen LogP contribution >= 0.6 is 0 Å². The Hall–Kier alpha value is -3.22. The smallest absolute Gasteiger partial charge is 0.251 e. The van der Waals surface area contributed by atoms with E-state index in [2.05, 4.69) is 25.6 Å². The van der Waals surface area contributed by atoms with Crippen molar-refractivity contribution in [2.45, 2.75) is 6.54 Å². The highest BCUT2D eigenvalue weighted by atomic mass is 16.1. The summed E-state index contributed by atoms with van der Waals surface area (Å²) in [4.78, 5) is 24.0. The number of carbonyl (C=O) groups excluding carboxylic acids is 1. The summed E-state index contributed by atoms with van der Waals surface area (Å²) in [5, 5.41) is 6.66. The number of rotatable bonds is 4. The highest BCUT2D eigenvalue weighted by Gasteiger charge is 2.06. The van der Waals surface area contributed by atoms with Gasteiger partial charge in [0.15, 0.2) is 5.65 Å². The minimum absolute atomic E-state index is 0.102. The molecule has 2 heterocycles. The average molecular weight is 308 g/mol. The standard InChI is InChI=1S/C16H16N6O/c1-18-16(23)11-4-2-10(3-5-11)8-19-14-12-6-7-13(17)22-15(12)21-9-20-14/h2-7,9H,8H2,1H3,(H,18,23)(H3,17,19,20,21,22). The van der Waals surface area contributed by atoms with Gasteiger partial charge in [0.1, 0.15) is 18.0 Å². The van der Waals surface area contributed by atoms with Crippen molar-refractivity contribution in [3.05, 3.63) is 53.9 Å². The van der Waals surface area contributed by atoms with E-state index in [1.54, 1.807) is 25.2 Å². The van der Waals surface area contributed by atoms with Crippen LogP contribution in [-0.4, -0.2) is 27.9 Å². The van der Waals surface area contributed by atoms with Crippen molar-refractivity contribution in [3.63, 3.8) is 0 Å². The summed E-state index contributed by atoms with van der Waals surface area (Å²) in [6.07, 6.45) is 1.45. The molecule has 3 rings (SSSR count). The molecule has 0 saturated heterocycles. The molecule has 23 heavy (non-hydrogen) atoms. The van der Waals surface area contributed by atoms with Crippen molar-refractivity contribution in [2.75, 3.05) is 18.1 Å². The molecule has 0 unspecified atom stereocenters. The number of carbonyl (C=O) groups is 1. The van der Waals surface area contributed by atoms with E-state index in [0.29, 0.717) is 29.4 Å². The summed E-state index contributed by atoms with van der Waals surface area (Å²) >= 11 is 0. The number of aromatic nitrogens is 3. The van der Waals surface area contributed by atoms with E-state index >= 15 is 0 Å². The number of amides is 1. The maximum absolute atomic E-state index is 11.5. The molecule has 7 nitrogen and oxygen atoms in total. The first-order valence-electron chi connectivity index (χ1n) is 7.09. The number of anilines is 2.